The van der Waals surface area contributed by atoms with Crippen molar-refractivity contribution in [1.82, 2.24) is 4.98 Å². The highest BCUT2D eigenvalue weighted by molar-refractivity contribution is 7.63. The molecule has 0 amide bonds. The largest absolute Gasteiger partial charge is 0.504 e. The number of methoxy groups -OCH3 is 1. The monoisotopic (exact) mass is 336 g/mol. The van der Waals surface area contributed by atoms with E-state index >= 15 is 0 Å². The van der Waals surface area contributed by atoms with Gasteiger partial charge in [-0.25, -0.2) is 0 Å². The standard InChI is InChI=1S/C15H17N2O5P/c1-10-6-11(7-13(22-2)15(10)18)14(23(19,20)21)9-17-12-4-3-5-16-8-12/h3-9,17-18H,1-2H3,(H2,19,20,21). The van der Waals surface area contributed by atoms with Crippen molar-refractivity contribution >= 4 is 18.6 Å². The lowest BCUT2D eigenvalue weighted by atomic mass is 10.1. The predicted octanol–water partition coefficient (Wildman–Crippen LogP) is 2.69. The van der Waals surface area contributed by atoms with Crippen molar-refractivity contribution in [3.05, 3.63) is 54.0 Å². The number of rotatable bonds is 5. The van der Waals surface area contributed by atoms with Gasteiger partial charge < -0.3 is 24.9 Å². The molecule has 0 radical (unpaired) electrons. The van der Waals surface area contributed by atoms with E-state index < -0.39 is 7.60 Å². The number of ether oxygens (including phenoxy) is 1. The molecule has 122 valence electrons. The lowest BCUT2D eigenvalue weighted by molar-refractivity contribution is 0.371. The fourth-order valence-corrected chi connectivity index (χ4v) is 2.68. The van der Waals surface area contributed by atoms with E-state index in [1.54, 1.807) is 25.3 Å². The van der Waals surface area contributed by atoms with E-state index in [0.29, 0.717) is 11.3 Å². The molecule has 0 aliphatic heterocycles. The average molecular weight is 336 g/mol. The fraction of sp³-hybridized carbons (Fsp3) is 0.133. The summed E-state index contributed by atoms with van der Waals surface area (Å²) in [6, 6.07) is 6.26. The van der Waals surface area contributed by atoms with E-state index in [9.17, 15) is 19.5 Å². The van der Waals surface area contributed by atoms with Crippen molar-refractivity contribution in [3.8, 4) is 11.5 Å². The molecular formula is C15H17N2O5P. The van der Waals surface area contributed by atoms with Gasteiger partial charge in [0.25, 0.3) is 0 Å². The number of hydrogen-bond donors (Lipinski definition) is 4. The fourth-order valence-electron chi connectivity index (χ4n) is 1.99. The second-order valence-electron chi connectivity index (χ2n) is 4.80. The normalized spacial score (nSPS) is 12.1. The molecule has 0 aliphatic carbocycles. The molecule has 1 aromatic carbocycles. The number of phenols is 1. The number of nitrogens with zero attached hydrogens (tertiary/aromatic N) is 1. The van der Waals surface area contributed by atoms with Crippen LogP contribution in [0.2, 0.25) is 0 Å². The summed E-state index contributed by atoms with van der Waals surface area (Å²) in [5.74, 6) is 0.0715. The molecule has 7 nitrogen and oxygen atoms in total. The van der Waals surface area contributed by atoms with Crippen molar-refractivity contribution < 1.29 is 24.2 Å². The molecule has 1 heterocycles. The second-order valence-corrected chi connectivity index (χ2v) is 6.37. The van der Waals surface area contributed by atoms with Gasteiger partial charge in [0.05, 0.1) is 24.3 Å². The Morgan fingerprint density at radius 2 is 2.13 bits per heavy atom. The second kappa shape index (κ2) is 6.83. The predicted molar refractivity (Wildman–Crippen MR) is 87.3 cm³/mol. The third-order valence-electron chi connectivity index (χ3n) is 3.13. The molecule has 0 aliphatic rings. The number of hydrogen-bond acceptors (Lipinski definition) is 5. The van der Waals surface area contributed by atoms with Gasteiger partial charge in [-0.05, 0) is 42.3 Å². The number of aromatic nitrogens is 1. The third kappa shape index (κ3) is 4.10. The lowest BCUT2D eigenvalue weighted by Crippen LogP contribution is -1.96. The summed E-state index contributed by atoms with van der Waals surface area (Å²) in [7, 11) is -3.19. The third-order valence-corrected chi connectivity index (χ3v) is 4.15. The van der Waals surface area contributed by atoms with Crippen LogP contribution in [0.4, 0.5) is 5.69 Å². The van der Waals surface area contributed by atoms with Gasteiger partial charge in [-0.15, -0.1) is 0 Å². The smallest absolute Gasteiger partial charge is 0.358 e. The summed E-state index contributed by atoms with van der Waals surface area (Å²) >= 11 is 0. The zero-order valence-corrected chi connectivity index (χ0v) is 13.5. The topological polar surface area (TPSA) is 112 Å². The molecule has 1 aromatic heterocycles. The molecule has 4 N–H and O–H groups in total. The minimum absolute atomic E-state index is 0.0680. The highest BCUT2D eigenvalue weighted by atomic mass is 31.2. The van der Waals surface area contributed by atoms with Crippen LogP contribution < -0.4 is 10.1 Å². The number of aromatic hydroxyl groups is 1. The van der Waals surface area contributed by atoms with Crippen LogP contribution in [0.5, 0.6) is 11.5 Å². The Morgan fingerprint density at radius 3 is 2.70 bits per heavy atom. The van der Waals surface area contributed by atoms with E-state index in [4.69, 9.17) is 4.74 Å². The van der Waals surface area contributed by atoms with Crippen LogP contribution in [0.15, 0.2) is 42.9 Å². The summed E-state index contributed by atoms with van der Waals surface area (Å²) < 4.78 is 16.8. The van der Waals surface area contributed by atoms with E-state index in [-0.39, 0.29) is 22.4 Å². The Labute approximate surface area is 133 Å². The van der Waals surface area contributed by atoms with Gasteiger partial charge in [0.15, 0.2) is 11.5 Å². The van der Waals surface area contributed by atoms with Crippen LogP contribution in [-0.2, 0) is 4.57 Å². The van der Waals surface area contributed by atoms with Crippen LogP contribution in [-0.4, -0.2) is 27.0 Å². The van der Waals surface area contributed by atoms with Gasteiger partial charge in [0.1, 0.15) is 0 Å². The van der Waals surface area contributed by atoms with Crippen molar-refractivity contribution in [3.63, 3.8) is 0 Å². The maximum absolute atomic E-state index is 11.8. The number of pyridine rings is 1. The van der Waals surface area contributed by atoms with Crippen LogP contribution in [0.1, 0.15) is 11.1 Å². The Morgan fingerprint density at radius 1 is 1.39 bits per heavy atom. The highest BCUT2D eigenvalue weighted by Crippen LogP contribution is 2.52. The van der Waals surface area contributed by atoms with Crippen molar-refractivity contribution in [1.29, 1.82) is 0 Å². The average Bonchev–Trinajstić information content (AvgIpc) is 2.50. The zero-order chi connectivity index (χ0) is 17.0. The number of nitrogens with one attached hydrogen (secondary N) is 1. The first-order valence-corrected chi connectivity index (χ1v) is 8.25. The first-order valence-electron chi connectivity index (χ1n) is 6.63. The Bertz CT molecular complexity index is 771. The first-order chi connectivity index (χ1) is 10.8. The molecule has 0 bridgehead atoms. The van der Waals surface area contributed by atoms with Gasteiger partial charge >= 0.3 is 7.60 Å². The molecule has 0 saturated carbocycles. The Hall–Kier alpha value is -2.34. The van der Waals surface area contributed by atoms with E-state index in [2.05, 4.69) is 10.3 Å². The van der Waals surface area contributed by atoms with Crippen molar-refractivity contribution in [2.75, 3.05) is 12.4 Å². The van der Waals surface area contributed by atoms with Crippen LogP contribution >= 0.6 is 7.60 Å². The van der Waals surface area contributed by atoms with Gasteiger partial charge in [0, 0.05) is 12.4 Å². The summed E-state index contributed by atoms with van der Waals surface area (Å²) in [4.78, 5) is 23.1. The van der Waals surface area contributed by atoms with Crippen LogP contribution in [0.3, 0.4) is 0 Å². The van der Waals surface area contributed by atoms with Gasteiger partial charge in [-0.3, -0.25) is 9.55 Å². The molecule has 0 spiro atoms. The molecule has 0 saturated heterocycles. The molecule has 8 heteroatoms. The summed E-state index contributed by atoms with van der Waals surface area (Å²) in [5.41, 5.74) is 1.28. The maximum Gasteiger partial charge on any atom is 0.358 e. The molecule has 2 rings (SSSR count). The van der Waals surface area contributed by atoms with Crippen molar-refractivity contribution in [2.45, 2.75) is 6.92 Å². The first kappa shape index (κ1) is 17.0. The van der Waals surface area contributed by atoms with E-state index in [0.717, 1.165) is 0 Å². The molecule has 23 heavy (non-hydrogen) atoms. The molecule has 2 aromatic rings. The minimum Gasteiger partial charge on any atom is -0.504 e. The SMILES string of the molecule is COc1cc(C(=CNc2cccnc2)P(=O)(O)O)cc(C)c1O. The molecule has 0 unspecified atom stereocenters. The Balaban J connectivity index is 2.48. The number of anilines is 1. The van der Waals surface area contributed by atoms with Crippen molar-refractivity contribution in [2.24, 2.45) is 0 Å². The van der Waals surface area contributed by atoms with E-state index in [1.165, 1.54) is 31.6 Å². The van der Waals surface area contributed by atoms with E-state index in [1.807, 2.05) is 0 Å². The summed E-state index contributed by atoms with van der Waals surface area (Å²) in [6.45, 7) is 1.62. The van der Waals surface area contributed by atoms with Gasteiger partial charge in [-0.2, -0.15) is 0 Å². The Kier molecular flexibility index (Phi) is 5.05. The van der Waals surface area contributed by atoms with Gasteiger partial charge in [-0.1, -0.05) is 0 Å². The maximum atomic E-state index is 11.8. The number of benzene rings is 1. The molecule has 0 fully saturated rings. The zero-order valence-electron chi connectivity index (χ0n) is 12.6. The summed E-state index contributed by atoms with van der Waals surface area (Å²) in [5, 5.41) is 12.4. The number of aryl methyl sites for hydroxylation is 1. The van der Waals surface area contributed by atoms with Crippen LogP contribution in [0, 0.1) is 6.92 Å². The molecular weight excluding hydrogens is 319 g/mol. The minimum atomic E-state index is -4.56. The molecule has 0 atom stereocenters. The quantitative estimate of drug-likeness (QED) is 0.621. The van der Waals surface area contributed by atoms with Gasteiger partial charge in [0.2, 0.25) is 0 Å². The highest BCUT2D eigenvalue weighted by Gasteiger charge is 2.24. The number of phenolic OH excluding ortho intramolecular Hbond substituents is 1. The summed E-state index contributed by atoms with van der Waals surface area (Å²) in [6.07, 6.45) is 4.34. The lowest BCUT2D eigenvalue weighted by Gasteiger charge is -2.14. The van der Waals surface area contributed by atoms with Crippen LogP contribution in [0.25, 0.3) is 5.31 Å².